The van der Waals surface area contributed by atoms with Gasteiger partial charge in [-0.15, -0.1) is 46.4 Å². The Labute approximate surface area is 280 Å². The lowest BCUT2D eigenvalue weighted by atomic mass is 10.0. The lowest BCUT2D eigenvalue weighted by molar-refractivity contribution is -0.00924. The average Bonchev–Trinajstić information content (AvgIpc) is 2.99. The van der Waals surface area contributed by atoms with Crippen molar-refractivity contribution in [3.8, 4) is 0 Å². The van der Waals surface area contributed by atoms with E-state index in [0.717, 1.165) is 83.8 Å². The number of hydrogen-bond acceptors (Lipinski definition) is 5. The van der Waals surface area contributed by atoms with E-state index in [1.807, 2.05) is 30.6 Å². The molecule has 1 aliphatic rings. The molecule has 0 radical (unpaired) electrons. The Morgan fingerprint density at radius 1 is 0.690 bits per heavy atom. The zero-order chi connectivity index (χ0) is 29.9. The average molecular weight is 692 g/mol. The van der Waals surface area contributed by atoms with Gasteiger partial charge in [0.2, 0.25) is 0 Å². The highest BCUT2D eigenvalue weighted by Gasteiger charge is 2.32. The summed E-state index contributed by atoms with van der Waals surface area (Å²) in [5, 5.41) is 1.47. The first-order chi connectivity index (χ1) is 20.5. The number of rotatable bonds is 15. The van der Waals surface area contributed by atoms with E-state index in [1.165, 1.54) is 0 Å². The van der Waals surface area contributed by atoms with Crippen molar-refractivity contribution in [1.29, 1.82) is 0 Å². The molecule has 11 heteroatoms. The van der Waals surface area contributed by atoms with Gasteiger partial charge in [0, 0.05) is 115 Å². The van der Waals surface area contributed by atoms with Gasteiger partial charge in [0.05, 0.1) is 6.17 Å². The third-order valence-corrected chi connectivity index (χ3v) is 8.91. The monoisotopic (exact) mass is 689 g/mol. The van der Waals surface area contributed by atoms with E-state index in [2.05, 4.69) is 54.9 Å². The third kappa shape index (κ3) is 8.95. The van der Waals surface area contributed by atoms with Gasteiger partial charge in [-0.25, -0.2) is 0 Å². The van der Waals surface area contributed by atoms with Crippen molar-refractivity contribution in [3.63, 3.8) is 0 Å². The molecule has 0 bridgehead atoms. The summed E-state index contributed by atoms with van der Waals surface area (Å²) in [6.07, 6.45) is 4.82. The number of halogens is 6. The summed E-state index contributed by atoms with van der Waals surface area (Å²) >= 11 is 37.9. The Morgan fingerprint density at radius 2 is 1.17 bits per heavy atom. The predicted molar refractivity (Wildman–Crippen MR) is 183 cm³/mol. The SMILES string of the molecule is ClCCN(CCCl)c1ccc(CN2CCCN(Cc3ccc(N(CCCl)CCCl)cc3Cl)C2c2cccnc2)c(Cl)c1. The maximum absolute atomic E-state index is 6.88. The minimum atomic E-state index is 0.0203. The van der Waals surface area contributed by atoms with Gasteiger partial charge in [0.15, 0.2) is 0 Å². The molecule has 0 spiro atoms. The summed E-state index contributed by atoms with van der Waals surface area (Å²) < 4.78 is 0. The van der Waals surface area contributed by atoms with E-state index in [-0.39, 0.29) is 6.17 Å². The lowest BCUT2D eigenvalue weighted by Gasteiger charge is -2.44. The molecule has 0 unspecified atom stereocenters. The number of alkyl halides is 4. The first-order valence-electron chi connectivity index (χ1n) is 14.2. The molecular formula is C31H37Cl6N5. The van der Waals surface area contributed by atoms with E-state index in [0.29, 0.717) is 36.6 Å². The fraction of sp³-hybridized carbons (Fsp3) is 0.452. The molecule has 42 heavy (non-hydrogen) atoms. The number of aromatic nitrogens is 1. The standard InChI is InChI=1S/C31H37Cl6N5/c32-8-15-39(16-9-33)27-6-4-25(29(36)19-27)22-41-13-2-14-42(31(41)24-3-1-12-38-21-24)23-26-5-7-28(20-30(26)37)40(17-10-34)18-11-35/h1,3-7,12,19-21,31H,2,8-11,13-18,22-23H2. The Bertz CT molecular complexity index is 1160. The van der Waals surface area contributed by atoms with Gasteiger partial charge in [-0.3, -0.25) is 14.8 Å². The van der Waals surface area contributed by atoms with Gasteiger partial charge in [-0.1, -0.05) is 41.4 Å². The summed E-state index contributed by atoms with van der Waals surface area (Å²) in [4.78, 5) is 13.7. The topological polar surface area (TPSA) is 25.9 Å². The lowest BCUT2D eigenvalue weighted by Crippen LogP contribution is -2.47. The summed E-state index contributed by atoms with van der Waals surface area (Å²) in [6, 6.07) is 16.6. The number of pyridine rings is 1. The van der Waals surface area contributed by atoms with Crippen molar-refractivity contribution in [2.75, 3.05) is 72.6 Å². The number of hydrogen-bond donors (Lipinski definition) is 0. The van der Waals surface area contributed by atoms with Crippen LogP contribution in [0.3, 0.4) is 0 Å². The first kappa shape index (κ1) is 33.7. The third-order valence-electron chi connectivity index (χ3n) is 7.53. The minimum absolute atomic E-state index is 0.0203. The highest BCUT2D eigenvalue weighted by molar-refractivity contribution is 6.32. The van der Waals surface area contributed by atoms with Gasteiger partial charge in [-0.05, 0) is 47.9 Å². The summed E-state index contributed by atoms with van der Waals surface area (Å²) in [7, 11) is 0. The first-order valence-corrected chi connectivity index (χ1v) is 17.1. The number of benzene rings is 2. The Hall–Kier alpha value is -1.15. The molecule has 2 aromatic carbocycles. The van der Waals surface area contributed by atoms with Crippen molar-refractivity contribution >= 4 is 81.0 Å². The van der Waals surface area contributed by atoms with Crippen molar-refractivity contribution in [2.24, 2.45) is 0 Å². The predicted octanol–water partition coefficient (Wildman–Crippen LogP) is 8.36. The van der Waals surface area contributed by atoms with Crippen LogP contribution in [0.5, 0.6) is 0 Å². The molecule has 0 aliphatic carbocycles. The summed E-state index contributed by atoms with van der Waals surface area (Å²) in [6.45, 7) is 6.17. The Morgan fingerprint density at radius 3 is 1.55 bits per heavy atom. The largest absolute Gasteiger partial charge is 0.369 e. The smallest absolute Gasteiger partial charge is 0.0907 e. The highest BCUT2D eigenvalue weighted by Crippen LogP contribution is 2.35. The van der Waals surface area contributed by atoms with E-state index >= 15 is 0 Å². The van der Waals surface area contributed by atoms with E-state index in [4.69, 9.17) is 69.6 Å². The maximum Gasteiger partial charge on any atom is 0.0907 e. The van der Waals surface area contributed by atoms with Crippen LogP contribution in [0.4, 0.5) is 11.4 Å². The van der Waals surface area contributed by atoms with E-state index < -0.39 is 0 Å². The van der Waals surface area contributed by atoms with E-state index in [1.54, 1.807) is 0 Å². The summed E-state index contributed by atoms with van der Waals surface area (Å²) in [5.74, 6) is 2.11. The van der Waals surface area contributed by atoms with Gasteiger partial charge in [0.25, 0.3) is 0 Å². The molecule has 4 rings (SSSR count). The maximum atomic E-state index is 6.88. The van der Waals surface area contributed by atoms with Crippen LogP contribution in [0, 0.1) is 0 Å². The molecule has 1 aliphatic heterocycles. The van der Waals surface area contributed by atoms with Gasteiger partial charge in [-0.2, -0.15) is 0 Å². The van der Waals surface area contributed by atoms with Crippen LogP contribution < -0.4 is 9.80 Å². The van der Waals surface area contributed by atoms with Crippen molar-refractivity contribution in [1.82, 2.24) is 14.8 Å². The van der Waals surface area contributed by atoms with Crippen LogP contribution in [-0.4, -0.2) is 77.6 Å². The Balaban J connectivity index is 1.57. The molecule has 1 aromatic heterocycles. The molecule has 2 heterocycles. The van der Waals surface area contributed by atoms with Crippen LogP contribution in [0.25, 0.3) is 0 Å². The van der Waals surface area contributed by atoms with Gasteiger partial charge < -0.3 is 9.80 Å². The second kappa shape index (κ2) is 17.4. The molecule has 0 amide bonds. The zero-order valence-electron chi connectivity index (χ0n) is 23.5. The normalized spacial score (nSPS) is 14.8. The second-order valence-corrected chi connectivity index (χ2v) is 12.6. The number of nitrogens with zero attached hydrogens (tertiary/aromatic N) is 5. The zero-order valence-corrected chi connectivity index (χ0v) is 28.1. The van der Waals surface area contributed by atoms with Crippen molar-refractivity contribution in [2.45, 2.75) is 25.7 Å². The van der Waals surface area contributed by atoms with Crippen LogP contribution in [0.15, 0.2) is 60.9 Å². The second-order valence-electron chi connectivity index (χ2n) is 10.2. The van der Waals surface area contributed by atoms with Gasteiger partial charge in [0.1, 0.15) is 0 Å². The van der Waals surface area contributed by atoms with E-state index in [9.17, 15) is 0 Å². The molecule has 0 atom stereocenters. The number of anilines is 2. The van der Waals surface area contributed by atoms with Crippen LogP contribution >= 0.6 is 69.6 Å². The molecular weight excluding hydrogens is 655 g/mol. The highest BCUT2D eigenvalue weighted by atomic mass is 35.5. The fourth-order valence-corrected chi connectivity index (χ4v) is 6.83. The van der Waals surface area contributed by atoms with Crippen LogP contribution in [-0.2, 0) is 13.1 Å². The molecule has 3 aromatic rings. The molecule has 5 nitrogen and oxygen atoms in total. The molecule has 1 saturated heterocycles. The molecule has 1 fully saturated rings. The summed E-state index contributed by atoms with van der Waals surface area (Å²) in [5.41, 5.74) is 5.36. The van der Waals surface area contributed by atoms with Crippen molar-refractivity contribution in [3.05, 3.63) is 87.7 Å². The van der Waals surface area contributed by atoms with Crippen LogP contribution in [0.2, 0.25) is 10.0 Å². The molecule has 0 saturated carbocycles. The van der Waals surface area contributed by atoms with Gasteiger partial charge >= 0.3 is 0 Å². The minimum Gasteiger partial charge on any atom is -0.369 e. The Kier molecular flexibility index (Phi) is 14.0. The quantitative estimate of drug-likeness (QED) is 0.149. The molecule has 0 N–H and O–H groups in total. The fourth-order valence-electron chi connectivity index (χ4n) is 5.54. The van der Waals surface area contributed by atoms with Crippen LogP contribution in [0.1, 0.15) is 29.3 Å². The van der Waals surface area contributed by atoms with Crippen molar-refractivity contribution < 1.29 is 0 Å². The molecule has 228 valence electrons.